The Hall–Kier alpha value is -1.12. The quantitative estimate of drug-likeness (QED) is 0.868. The number of hydrogen-bond acceptors (Lipinski definition) is 2. The summed E-state index contributed by atoms with van der Waals surface area (Å²) in [6.07, 6.45) is 0.823. The molecule has 0 fully saturated rings. The lowest BCUT2D eigenvalue weighted by molar-refractivity contribution is 0.918. The fraction of sp³-hybridized carbons (Fsp3) is 0.308. The fourth-order valence-electron chi connectivity index (χ4n) is 1.95. The Balaban J connectivity index is 2.69. The van der Waals surface area contributed by atoms with Crippen LogP contribution in [-0.4, -0.2) is 11.5 Å². The molecule has 0 saturated carbocycles. The zero-order valence-electron chi connectivity index (χ0n) is 9.55. The van der Waals surface area contributed by atoms with Gasteiger partial charge in [0.25, 0.3) is 0 Å². The van der Waals surface area contributed by atoms with E-state index >= 15 is 0 Å². The average molecular weight is 235 g/mol. The summed E-state index contributed by atoms with van der Waals surface area (Å²) in [6, 6.07) is 6.03. The zero-order valence-corrected chi connectivity index (χ0v) is 10.3. The van der Waals surface area contributed by atoms with Gasteiger partial charge in [-0.1, -0.05) is 11.6 Å². The van der Waals surface area contributed by atoms with Crippen LogP contribution in [0.3, 0.4) is 0 Å². The second-order valence-corrected chi connectivity index (χ2v) is 4.52. The van der Waals surface area contributed by atoms with Crippen molar-refractivity contribution in [3.63, 3.8) is 0 Å². The summed E-state index contributed by atoms with van der Waals surface area (Å²) in [5.74, 6) is 0. The van der Waals surface area contributed by atoms with Crippen LogP contribution < -0.4 is 5.73 Å². The average Bonchev–Trinajstić information content (AvgIpc) is 2.20. The first kappa shape index (κ1) is 11.4. The summed E-state index contributed by atoms with van der Waals surface area (Å²) in [7, 11) is 0. The number of aromatic nitrogens is 1. The highest BCUT2D eigenvalue weighted by atomic mass is 35.5. The summed E-state index contributed by atoms with van der Waals surface area (Å²) in [4.78, 5) is 4.67. The predicted molar refractivity (Wildman–Crippen MR) is 69.0 cm³/mol. The van der Waals surface area contributed by atoms with Crippen molar-refractivity contribution in [2.75, 3.05) is 6.54 Å². The Morgan fingerprint density at radius 2 is 1.94 bits per heavy atom. The number of nitrogens with zero attached hydrogens (tertiary/aromatic N) is 1. The number of hydrogen-bond donors (Lipinski definition) is 1. The van der Waals surface area contributed by atoms with Gasteiger partial charge in [0.15, 0.2) is 0 Å². The van der Waals surface area contributed by atoms with E-state index in [0.29, 0.717) is 6.54 Å². The Morgan fingerprint density at radius 1 is 1.19 bits per heavy atom. The van der Waals surface area contributed by atoms with Gasteiger partial charge in [-0.25, -0.2) is 0 Å². The first-order chi connectivity index (χ1) is 7.61. The van der Waals surface area contributed by atoms with Crippen molar-refractivity contribution < 1.29 is 0 Å². The van der Waals surface area contributed by atoms with Crippen molar-refractivity contribution in [1.82, 2.24) is 4.98 Å². The monoisotopic (exact) mass is 234 g/mol. The van der Waals surface area contributed by atoms with Crippen molar-refractivity contribution in [3.8, 4) is 0 Å². The normalized spacial score (nSPS) is 11.0. The molecule has 1 heterocycles. The van der Waals surface area contributed by atoms with Crippen LogP contribution in [0, 0.1) is 13.8 Å². The van der Waals surface area contributed by atoms with Gasteiger partial charge in [0.1, 0.15) is 0 Å². The van der Waals surface area contributed by atoms with E-state index in [4.69, 9.17) is 17.3 Å². The number of halogens is 1. The lowest BCUT2D eigenvalue weighted by Gasteiger charge is -2.08. The maximum absolute atomic E-state index is 6.03. The first-order valence-electron chi connectivity index (χ1n) is 5.38. The summed E-state index contributed by atoms with van der Waals surface area (Å²) in [6.45, 7) is 4.72. The molecule has 0 bridgehead atoms. The minimum absolute atomic E-state index is 0.631. The molecule has 16 heavy (non-hydrogen) atoms. The van der Waals surface area contributed by atoms with Crippen LogP contribution in [0.2, 0.25) is 5.02 Å². The highest BCUT2D eigenvalue weighted by Crippen LogP contribution is 2.24. The van der Waals surface area contributed by atoms with Gasteiger partial charge in [-0.3, -0.25) is 4.98 Å². The molecule has 2 aromatic rings. The van der Waals surface area contributed by atoms with Crippen LogP contribution in [0.1, 0.15) is 16.8 Å². The van der Waals surface area contributed by atoms with Crippen molar-refractivity contribution in [2.45, 2.75) is 20.3 Å². The van der Waals surface area contributed by atoms with E-state index in [-0.39, 0.29) is 0 Å². The van der Waals surface area contributed by atoms with E-state index in [1.165, 1.54) is 5.56 Å². The molecule has 2 nitrogen and oxygen atoms in total. The topological polar surface area (TPSA) is 38.9 Å². The van der Waals surface area contributed by atoms with Gasteiger partial charge < -0.3 is 5.73 Å². The molecule has 1 aromatic heterocycles. The summed E-state index contributed by atoms with van der Waals surface area (Å²) >= 11 is 6.03. The van der Waals surface area contributed by atoms with E-state index < -0.39 is 0 Å². The number of benzene rings is 1. The van der Waals surface area contributed by atoms with Gasteiger partial charge >= 0.3 is 0 Å². The van der Waals surface area contributed by atoms with E-state index in [9.17, 15) is 0 Å². The smallest absolute Gasteiger partial charge is 0.0735 e. The van der Waals surface area contributed by atoms with E-state index in [0.717, 1.165) is 33.6 Å². The molecule has 2 N–H and O–H groups in total. The van der Waals surface area contributed by atoms with Gasteiger partial charge in [0.2, 0.25) is 0 Å². The van der Waals surface area contributed by atoms with Crippen LogP contribution in [0.25, 0.3) is 10.9 Å². The van der Waals surface area contributed by atoms with Crippen LogP contribution in [0.5, 0.6) is 0 Å². The Morgan fingerprint density at radius 3 is 2.62 bits per heavy atom. The molecule has 0 unspecified atom stereocenters. The number of aryl methyl sites for hydroxylation is 2. The lowest BCUT2D eigenvalue weighted by Crippen LogP contribution is -2.06. The maximum Gasteiger partial charge on any atom is 0.0735 e. The molecule has 84 valence electrons. The maximum atomic E-state index is 6.03. The molecule has 2 rings (SSSR count). The Labute approximate surface area is 100 Å². The standard InChI is InChI=1S/C13H15ClN2/c1-8-5-10-7-11(14)6-9(2)13(10)16-12(8)3-4-15/h5-7H,3-4,15H2,1-2H3. The molecule has 0 atom stereocenters. The second-order valence-electron chi connectivity index (χ2n) is 4.09. The molecule has 0 aliphatic heterocycles. The van der Waals surface area contributed by atoms with Crippen molar-refractivity contribution in [1.29, 1.82) is 0 Å². The van der Waals surface area contributed by atoms with Crippen LogP contribution in [0.15, 0.2) is 18.2 Å². The highest BCUT2D eigenvalue weighted by molar-refractivity contribution is 6.31. The van der Waals surface area contributed by atoms with E-state index in [1.54, 1.807) is 0 Å². The number of nitrogens with two attached hydrogens (primary N) is 1. The predicted octanol–water partition coefficient (Wildman–Crippen LogP) is 3.01. The van der Waals surface area contributed by atoms with E-state index in [2.05, 4.69) is 18.0 Å². The molecule has 1 aromatic carbocycles. The highest BCUT2D eigenvalue weighted by Gasteiger charge is 2.06. The number of rotatable bonds is 2. The third-order valence-electron chi connectivity index (χ3n) is 2.75. The van der Waals surface area contributed by atoms with Crippen LogP contribution >= 0.6 is 11.6 Å². The SMILES string of the molecule is Cc1cc2cc(Cl)cc(C)c2nc1CCN. The molecule has 0 saturated heterocycles. The summed E-state index contributed by atoms with van der Waals surface area (Å²) in [5, 5.41) is 1.86. The van der Waals surface area contributed by atoms with Gasteiger partial charge in [0, 0.05) is 22.5 Å². The van der Waals surface area contributed by atoms with Crippen LogP contribution in [0.4, 0.5) is 0 Å². The molecular weight excluding hydrogens is 220 g/mol. The minimum atomic E-state index is 0.631. The van der Waals surface area contributed by atoms with Gasteiger partial charge in [-0.05, 0) is 49.7 Å². The molecule has 0 aliphatic rings. The minimum Gasteiger partial charge on any atom is -0.330 e. The first-order valence-corrected chi connectivity index (χ1v) is 5.76. The number of fused-ring (bicyclic) bond motifs is 1. The molecule has 0 amide bonds. The van der Waals surface area contributed by atoms with Gasteiger partial charge in [-0.2, -0.15) is 0 Å². The number of pyridine rings is 1. The molecule has 0 aliphatic carbocycles. The summed E-state index contributed by atoms with van der Waals surface area (Å²) < 4.78 is 0. The lowest BCUT2D eigenvalue weighted by atomic mass is 10.1. The third-order valence-corrected chi connectivity index (χ3v) is 2.97. The van der Waals surface area contributed by atoms with Crippen molar-refractivity contribution in [3.05, 3.63) is 40.0 Å². The Kier molecular flexibility index (Phi) is 3.13. The summed E-state index contributed by atoms with van der Waals surface area (Å²) in [5.41, 5.74) is 9.98. The zero-order chi connectivity index (χ0) is 11.7. The van der Waals surface area contributed by atoms with Gasteiger partial charge in [0.05, 0.1) is 5.52 Å². The molecular formula is C13H15ClN2. The van der Waals surface area contributed by atoms with Crippen molar-refractivity contribution >= 4 is 22.5 Å². The molecule has 0 spiro atoms. The second kappa shape index (κ2) is 4.40. The Bertz CT molecular complexity index is 535. The fourth-order valence-corrected chi connectivity index (χ4v) is 2.23. The van der Waals surface area contributed by atoms with Crippen LogP contribution in [-0.2, 0) is 6.42 Å². The van der Waals surface area contributed by atoms with Crippen molar-refractivity contribution in [2.24, 2.45) is 5.73 Å². The third kappa shape index (κ3) is 2.04. The molecule has 3 heteroatoms. The largest absolute Gasteiger partial charge is 0.330 e. The van der Waals surface area contributed by atoms with E-state index in [1.807, 2.05) is 19.1 Å². The van der Waals surface area contributed by atoms with Gasteiger partial charge in [-0.15, -0.1) is 0 Å². The molecule has 0 radical (unpaired) electrons.